The molecule has 0 radical (unpaired) electrons. The van der Waals surface area contributed by atoms with Crippen molar-refractivity contribution in [1.29, 1.82) is 0 Å². The number of sulfonamides is 1. The number of carbonyl (C=O) groups is 1. The third-order valence-corrected chi connectivity index (χ3v) is 8.57. The summed E-state index contributed by atoms with van der Waals surface area (Å²) < 4.78 is 54.5. The number of rotatable bonds is 5. The van der Waals surface area contributed by atoms with Gasteiger partial charge in [0, 0.05) is 26.1 Å². The maximum absolute atomic E-state index is 13.0. The lowest BCUT2D eigenvalue weighted by molar-refractivity contribution is -0.119. The average molecular weight is 430 g/mol. The minimum atomic E-state index is -3.78. The summed E-state index contributed by atoms with van der Waals surface area (Å²) in [7, 11) is -7.42. The Labute approximate surface area is 166 Å². The van der Waals surface area contributed by atoms with E-state index in [0.29, 0.717) is 25.9 Å². The summed E-state index contributed by atoms with van der Waals surface area (Å²) in [6.45, 7) is 2.02. The van der Waals surface area contributed by atoms with Crippen LogP contribution in [0.5, 0.6) is 0 Å². The van der Waals surface area contributed by atoms with Gasteiger partial charge in [0.2, 0.25) is 15.9 Å². The zero-order valence-electron chi connectivity index (χ0n) is 15.9. The minimum absolute atomic E-state index is 0.00799. The molecule has 1 aromatic carbocycles. The number of carbonyl (C=O) groups excluding carboxylic acids is 1. The fraction of sp³-hybridized carbons (Fsp3) is 0.611. The summed E-state index contributed by atoms with van der Waals surface area (Å²) in [5.74, 6) is -0.127. The van der Waals surface area contributed by atoms with Gasteiger partial charge in [0.1, 0.15) is 0 Å². The zero-order valence-corrected chi connectivity index (χ0v) is 17.5. The largest absolute Gasteiger partial charge is 0.354 e. The quantitative estimate of drug-likeness (QED) is 0.744. The van der Waals surface area contributed by atoms with Crippen LogP contribution in [0, 0.1) is 0 Å². The Morgan fingerprint density at radius 3 is 2.32 bits per heavy atom. The molecule has 1 atom stereocenters. The maximum atomic E-state index is 13.0. The SMILES string of the molecule is CC(=O)NC1CCN(S(=O)(=O)c2cccc(S(=O)(O)=NC3CCCC3)c2)CC1. The molecule has 2 N–H and O–H groups in total. The van der Waals surface area contributed by atoms with E-state index >= 15 is 0 Å². The van der Waals surface area contributed by atoms with Crippen molar-refractivity contribution >= 4 is 25.9 Å². The highest BCUT2D eigenvalue weighted by Crippen LogP contribution is 2.26. The normalized spacial score (nSPS) is 21.9. The molecule has 10 heteroatoms. The number of amides is 1. The fourth-order valence-electron chi connectivity index (χ4n) is 3.75. The van der Waals surface area contributed by atoms with Gasteiger partial charge in [-0.25, -0.2) is 17.0 Å². The van der Waals surface area contributed by atoms with Crippen LogP contribution in [0.2, 0.25) is 0 Å². The lowest BCUT2D eigenvalue weighted by atomic mass is 10.1. The highest BCUT2D eigenvalue weighted by molar-refractivity contribution is 7.89. The van der Waals surface area contributed by atoms with Gasteiger partial charge in [-0.1, -0.05) is 18.9 Å². The van der Waals surface area contributed by atoms with Crippen molar-refractivity contribution in [3.63, 3.8) is 0 Å². The van der Waals surface area contributed by atoms with Gasteiger partial charge in [0.05, 0.1) is 15.8 Å². The standard InChI is InChI=1S/C18H27N3O5S2/c1-14(22)19-15-9-11-21(12-10-15)28(25,26)18-8-4-7-17(13-18)27(23,24)20-16-5-2-3-6-16/h4,7-8,13,15-16H,2-3,5-6,9-12H2,1H3,(H,19,22)(H,20,23,24). The van der Waals surface area contributed by atoms with Gasteiger partial charge in [-0.3, -0.25) is 9.35 Å². The van der Waals surface area contributed by atoms with Crippen LogP contribution in [0.1, 0.15) is 45.4 Å². The number of hydrogen-bond donors (Lipinski definition) is 2. The van der Waals surface area contributed by atoms with Crippen LogP contribution in [0.3, 0.4) is 0 Å². The molecule has 1 saturated carbocycles. The third-order valence-electron chi connectivity index (χ3n) is 5.23. The van der Waals surface area contributed by atoms with Crippen LogP contribution in [0.25, 0.3) is 0 Å². The van der Waals surface area contributed by atoms with Crippen LogP contribution in [-0.4, -0.2) is 52.6 Å². The van der Waals surface area contributed by atoms with E-state index in [1.807, 2.05) is 0 Å². The molecule has 8 nitrogen and oxygen atoms in total. The molecule has 1 aliphatic heterocycles. The van der Waals surface area contributed by atoms with E-state index in [9.17, 15) is 22.0 Å². The number of piperidine rings is 1. The Bertz CT molecular complexity index is 940. The molecule has 1 amide bonds. The van der Waals surface area contributed by atoms with Gasteiger partial charge in [0.15, 0.2) is 10.0 Å². The Balaban J connectivity index is 1.79. The molecule has 2 fully saturated rings. The monoisotopic (exact) mass is 429 g/mol. The second kappa shape index (κ2) is 8.48. The summed E-state index contributed by atoms with van der Waals surface area (Å²) in [6, 6.07) is 5.44. The Morgan fingerprint density at radius 1 is 1.11 bits per heavy atom. The van der Waals surface area contributed by atoms with E-state index in [1.54, 1.807) is 0 Å². The Kier molecular flexibility index (Phi) is 6.43. The number of nitrogens with zero attached hydrogens (tertiary/aromatic N) is 2. The van der Waals surface area contributed by atoms with Crippen molar-refractivity contribution in [2.75, 3.05) is 13.1 Å². The molecule has 156 valence electrons. The van der Waals surface area contributed by atoms with Crippen LogP contribution < -0.4 is 5.32 Å². The molecule has 1 aromatic rings. The van der Waals surface area contributed by atoms with Crippen molar-refractivity contribution in [2.45, 2.75) is 67.3 Å². The number of hydrogen-bond acceptors (Lipinski definition) is 5. The molecule has 3 rings (SSSR count). The summed E-state index contributed by atoms with van der Waals surface area (Å²) in [5, 5.41) is 2.81. The summed E-state index contributed by atoms with van der Waals surface area (Å²) in [6.07, 6.45) is 4.63. The first-order chi connectivity index (χ1) is 13.2. The second-order valence-electron chi connectivity index (χ2n) is 7.39. The first-order valence-corrected chi connectivity index (χ1v) is 12.5. The van der Waals surface area contributed by atoms with E-state index in [-0.39, 0.29) is 27.8 Å². The first-order valence-electron chi connectivity index (χ1n) is 9.54. The highest BCUT2D eigenvalue weighted by Gasteiger charge is 2.30. The lowest BCUT2D eigenvalue weighted by Crippen LogP contribution is -2.46. The molecule has 28 heavy (non-hydrogen) atoms. The van der Waals surface area contributed by atoms with E-state index < -0.39 is 20.0 Å². The van der Waals surface area contributed by atoms with E-state index in [1.165, 1.54) is 35.5 Å². The van der Waals surface area contributed by atoms with Gasteiger partial charge in [-0.2, -0.15) is 4.31 Å². The molecule has 0 spiro atoms. The molecule has 2 aliphatic rings. The topological polar surface area (TPSA) is 116 Å². The van der Waals surface area contributed by atoms with Crippen LogP contribution >= 0.6 is 0 Å². The van der Waals surface area contributed by atoms with Crippen molar-refractivity contribution in [3.05, 3.63) is 24.3 Å². The number of benzene rings is 1. The van der Waals surface area contributed by atoms with Gasteiger partial charge >= 0.3 is 0 Å². The van der Waals surface area contributed by atoms with Crippen LogP contribution in [-0.2, 0) is 24.8 Å². The fourth-order valence-corrected chi connectivity index (χ4v) is 6.61. The molecule has 0 bridgehead atoms. The van der Waals surface area contributed by atoms with E-state index in [4.69, 9.17) is 0 Å². The van der Waals surface area contributed by atoms with Gasteiger partial charge in [-0.15, -0.1) is 0 Å². The Hall–Kier alpha value is -1.49. The molecule has 1 saturated heterocycles. The molecule has 1 unspecified atom stereocenters. The zero-order chi connectivity index (χ0) is 20.4. The molecule has 1 aliphatic carbocycles. The van der Waals surface area contributed by atoms with Crippen molar-refractivity contribution < 1.29 is 22.0 Å². The minimum Gasteiger partial charge on any atom is -0.354 e. The van der Waals surface area contributed by atoms with Crippen molar-refractivity contribution in [1.82, 2.24) is 9.62 Å². The lowest BCUT2D eigenvalue weighted by Gasteiger charge is -2.31. The Morgan fingerprint density at radius 2 is 1.71 bits per heavy atom. The van der Waals surface area contributed by atoms with Gasteiger partial charge < -0.3 is 5.32 Å². The first kappa shape index (κ1) is 21.2. The molecule has 1 heterocycles. The van der Waals surface area contributed by atoms with Crippen molar-refractivity contribution in [2.24, 2.45) is 4.36 Å². The maximum Gasteiger partial charge on any atom is 0.243 e. The molecular formula is C18H27N3O5S2. The highest BCUT2D eigenvalue weighted by atomic mass is 32.2. The second-order valence-corrected chi connectivity index (χ2v) is 11.0. The van der Waals surface area contributed by atoms with E-state index in [2.05, 4.69) is 9.68 Å². The average Bonchev–Trinajstić information content (AvgIpc) is 3.14. The number of nitrogens with one attached hydrogen (secondary N) is 1. The van der Waals surface area contributed by atoms with Crippen LogP contribution in [0.15, 0.2) is 38.4 Å². The predicted molar refractivity (Wildman–Crippen MR) is 106 cm³/mol. The smallest absolute Gasteiger partial charge is 0.243 e. The third kappa shape index (κ3) is 4.91. The van der Waals surface area contributed by atoms with E-state index in [0.717, 1.165) is 25.7 Å². The molecular weight excluding hydrogens is 402 g/mol. The summed E-state index contributed by atoms with van der Waals surface area (Å²) >= 11 is 0. The predicted octanol–water partition coefficient (Wildman–Crippen LogP) is 2.22. The van der Waals surface area contributed by atoms with Gasteiger partial charge in [-0.05, 0) is 43.9 Å². The summed E-state index contributed by atoms with van der Waals surface area (Å²) in [5.41, 5.74) is 0. The van der Waals surface area contributed by atoms with Crippen molar-refractivity contribution in [3.8, 4) is 0 Å². The summed E-state index contributed by atoms with van der Waals surface area (Å²) in [4.78, 5) is 11.2. The van der Waals surface area contributed by atoms with Gasteiger partial charge in [0.25, 0.3) is 0 Å². The molecule has 0 aromatic heterocycles. The van der Waals surface area contributed by atoms with Crippen LogP contribution in [0.4, 0.5) is 0 Å².